The molecule has 0 aliphatic carbocycles. The Morgan fingerprint density at radius 2 is 1.88 bits per heavy atom. The highest BCUT2D eigenvalue weighted by molar-refractivity contribution is 5.99. The van der Waals surface area contributed by atoms with E-state index in [1.807, 2.05) is 74.6 Å². The average molecular weight is 324 g/mol. The van der Waals surface area contributed by atoms with E-state index in [0.29, 0.717) is 11.3 Å². The van der Waals surface area contributed by atoms with Gasteiger partial charge in [0.05, 0.1) is 12.0 Å². The number of aryl methyl sites for hydroxylation is 2. The zero-order chi connectivity index (χ0) is 17.5. The first kappa shape index (κ1) is 17.7. The quantitative estimate of drug-likeness (QED) is 0.436. The minimum Gasteiger partial charge on any atom is -0.485 e. The Labute approximate surface area is 143 Å². The summed E-state index contributed by atoms with van der Waals surface area (Å²) >= 11 is 0. The Balaban J connectivity index is 2.11. The maximum atomic E-state index is 12.4. The van der Waals surface area contributed by atoms with E-state index in [0.717, 1.165) is 23.4 Å². The molecule has 0 aliphatic heterocycles. The van der Waals surface area contributed by atoms with Gasteiger partial charge in [0, 0.05) is 19.2 Å². The topological polar surface area (TPSA) is 41.9 Å². The third kappa shape index (κ3) is 4.69. The van der Waals surface area contributed by atoms with Crippen LogP contribution in [-0.4, -0.2) is 37.2 Å². The third-order valence-electron chi connectivity index (χ3n) is 3.85. The lowest BCUT2D eigenvalue weighted by Crippen LogP contribution is -2.14. The molecule has 0 fully saturated rings. The van der Waals surface area contributed by atoms with Crippen LogP contribution in [0.25, 0.3) is 0 Å². The molecule has 0 amide bonds. The standard InChI is InChI=1S/C20H24N2O2/c1-5-22(4)14-21-19-12-15(2)18(11-16(19)3)20(23)13-24-17-9-7-6-8-10-17/h6-12,14H,5,13H2,1-4H3/b21-14-. The van der Waals surface area contributed by atoms with Crippen LogP contribution in [0, 0.1) is 13.8 Å². The van der Waals surface area contributed by atoms with Crippen LogP contribution in [0.1, 0.15) is 28.4 Å². The maximum Gasteiger partial charge on any atom is 0.200 e. The van der Waals surface area contributed by atoms with Crippen molar-refractivity contribution in [3.63, 3.8) is 0 Å². The lowest BCUT2D eigenvalue weighted by molar-refractivity contribution is 0.0921. The van der Waals surface area contributed by atoms with Gasteiger partial charge in [-0.2, -0.15) is 0 Å². The number of aliphatic imine (C=N–C) groups is 1. The van der Waals surface area contributed by atoms with Gasteiger partial charge in [-0.05, 0) is 56.2 Å². The van der Waals surface area contributed by atoms with Crippen LogP contribution in [-0.2, 0) is 0 Å². The highest BCUT2D eigenvalue weighted by atomic mass is 16.5. The van der Waals surface area contributed by atoms with Gasteiger partial charge in [0.2, 0.25) is 0 Å². The van der Waals surface area contributed by atoms with E-state index >= 15 is 0 Å². The molecule has 0 N–H and O–H groups in total. The summed E-state index contributed by atoms with van der Waals surface area (Å²) in [6, 6.07) is 13.2. The molecule has 0 unspecified atom stereocenters. The van der Waals surface area contributed by atoms with Crippen LogP contribution in [0.4, 0.5) is 5.69 Å². The fourth-order valence-corrected chi connectivity index (χ4v) is 2.23. The summed E-state index contributed by atoms with van der Waals surface area (Å²) in [6.45, 7) is 6.89. The molecule has 0 aromatic heterocycles. The van der Waals surface area contributed by atoms with Crippen molar-refractivity contribution in [2.45, 2.75) is 20.8 Å². The number of nitrogens with zero attached hydrogens (tertiary/aromatic N) is 2. The average Bonchev–Trinajstić information content (AvgIpc) is 2.60. The van der Waals surface area contributed by atoms with Crippen LogP contribution in [0.15, 0.2) is 47.5 Å². The van der Waals surface area contributed by atoms with E-state index in [2.05, 4.69) is 11.9 Å². The first-order chi connectivity index (χ1) is 11.5. The van der Waals surface area contributed by atoms with Gasteiger partial charge >= 0.3 is 0 Å². The number of hydrogen-bond acceptors (Lipinski definition) is 3. The number of Topliss-reactive ketones (excluding diaryl/α,β-unsaturated/α-hetero) is 1. The first-order valence-corrected chi connectivity index (χ1v) is 8.08. The normalized spacial score (nSPS) is 10.8. The molecule has 2 aromatic rings. The predicted octanol–water partition coefficient (Wildman–Crippen LogP) is 4.18. The molecular weight excluding hydrogens is 300 g/mol. The van der Waals surface area contributed by atoms with E-state index in [-0.39, 0.29) is 12.4 Å². The minimum atomic E-state index is -0.0272. The summed E-state index contributed by atoms with van der Waals surface area (Å²) in [5, 5.41) is 0. The number of rotatable bonds is 7. The second-order valence-corrected chi connectivity index (χ2v) is 5.80. The number of carbonyl (C=O) groups excluding carboxylic acids is 1. The van der Waals surface area contributed by atoms with E-state index in [1.165, 1.54) is 0 Å². The molecule has 0 atom stereocenters. The highest BCUT2D eigenvalue weighted by Gasteiger charge is 2.12. The molecule has 126 valence electrons. The molecular formula is C20H24N2O2. The summed E-state index contributed by atoms with van der Waals surface area (Å²) in [6.07, 6.45) is 1.81. The summed E-state index contributed by atoms with van der Waals surface area (Å²) in [4.78, 5) is 18.9. The fraction of sp³-hybridized carbons (Fsp3) is 0.300. The van der Waals surface area contributed by atoms with Gasteiger partial charge in [-0.1, -0.05) is 18.2 Å². The van der Waals surface area contributed by atoms with Gasteiger partial charge in [-0.25, -0.2) is 4.99 Å². The maximum absolute atomic E-state index is 12.4. The Morgan fingerprint density at radius 1 is 1.17 bits per heavy atom. The number of ketones is 1. The Hall–Kier alpha value is -2.62. The van der Waals surface area contributed by atoms with Crippen molar-refractivity contribution in [1.29, 1.82) is 0 Å². The highest BCUT2D eigenvalue weighted by Crippen LogP contribution is 2.24. The van der Waals surface area contributed by atoms with Crippen molar-refractivity contribution < 1.29 is 9.53 Å². The molecule has 0 aliphatic rings. The van der Waals surface area contributed by atoms with Crippen LogP contribution < -0.4 is 4.74 Å². The molecule has 24 heavy (non-hydrogen) atoms. The number of benzene rings is 2. The molecule has 0 saturated carbocycles. The molecule has 0 bridgehead atoms. The Bertz CT molecular complexity index is 724. The third-order valence-corrected chi connectivity index (χ3v) is 3.85. The zero-order valence-corrected chi connectivity index (χ0v) is 14.7. The molecule has 2 rings (SSSR count). The lowest BCUT2D eigenvalue weighted by Gasteiger charge is -2.12. The van der Waals surface area contributed by atoms with Crippen molar-refractivity contribution in [3.05, 3.63) is 59.2 Å². The van der Waals surface area contributed by atoms with E-state index in [9.17, 15) is 4.79 Å². The van der Waals surface area contributed by atoms with Crippen LogP contribution in [0.3, 0.4) is 0 Å². The number of ether oxygens (including phenoxy) is 1. The molecule has 0 spiro atoms. The second kappa shape index (κ2) is 8.29. The van der Waals surface area contributed by atoms with Crippen molar-refractivity contribution in [2.24, 2.45) is 4.99 Å². The molecule has 0 heterocycles. The zero-order valence-electron chi connectivity index (χ0n) is 14.7. The number of para-hydroxylation sites is 1. The van der Waals surface area contributed by atoms with Crippen molar-refractivity contribution in [1.82, 2.24) is 4.90 Å². The summed E-state index contributed by atoms with van der Waals surface area (Å²) in [5.74, 6) is 0.671. The first-order valence-electron chi connectivity index (χ1n) is 8.08. The minimum absolute atomic E-state index is 0.0272. The molecule has 4 nitrogen and oxygen atoms in total. The Kier molecular flexibility index (Phi) is 6.13. The van der Waals surface area contributed by atoms with Crippen LogP contribution in [0.2, 0.25) is 0 Å². The SMILES string of the molecule is CCN(C)/C=N\c1cc(C)c(C(=O)COc2ccccc2)cc1C. The smallest absolute Gasteiger partial charge is 0.200 e. The molecule has 4 heteroatoms. The van der Waals surface area contributed by atoms with Crippen LogP contribution in [0.5, 0.6) is 5.75 Å². The van der Waals surface area contributed by atoms with Crippen molar-refractivity contribution in [3.8, 4) is 5.75 Å². The summed E-state index contributed by atoms with van der Waals surface area (Å²) < 4.78 is 5.55. The summed E-state index contributed by atoms with van der Waals surface area (Å²) in [7, 11) is 1.98. The molecule has 0 saturated heterocycles. The van der Waals surface area contributed by atoms with E-state index in [1.54, 1.807) is 0 Å². The van der Waals surface area contributed by atoms with Crippen molar-refractivity contribution >= 4 is 17.8 Å². The molecule has 0 radical (unpaired) electrons. The predicted molar refractivity (Wildman–Crippen MR) is 98.6 cm³/mol. The Morgan fingerprint density at radius 3 is 2.54 bits per heavy atom. The van der Waals surface area contributed by atoms with Gasteiger partial charge in [0.25, 0.3) is 0 Å². The number of carbonyl (C=O) groups is 1. The van der Waals surface area contributed by atoms with Crippen molar-refractivity contribution in [2.75, 3.05) is 20.2 Å². The van der Waals surface area contributed by atoms with Gasteiger partial charge in [-0.15, -0.1) is 0 Å². The van der Waals surface area contributed by atoms with Gasteiger partial charge in [0.15, 0.2) is 12.4 Å². The van der Waals surface area contributed by atoms with E-state index < -0.39 is 0 Å². The fourth-order valence-electron chi connectivity index (χ4n) is 2.23. The lowest BCUT2D eigenvalue weighted by atomic mass is 10.0. The van der Waals surface area contributed by atoms with Crippen LogP contribution >= 0.6 is 0 Å². The molecule has 2 aromatic carbocycles. The van der Waals surface area contributed by atoms with Gasteiger partial charge in [-0.3, -0.25) is 4.79 Å². The monoisotopic (exact) mass is 324 g/mol. The second-order valence-electron chi connectivity index (χ2n) is 5.80. The van der Waals surface area contributed by atoms with E-state index in [4.69, 9.17) is 4.74 Å². The summed E-state index contributed by atoms with van der Waals surface area (Å²) in [5.41, 5.74) is 3.46. The van der Waals surface area contributed by atoms with Gasteiger partial charge in [0.1, 0.15) is 5.75 Å². The largest absolute Gasteiger partial charge is 0.485 e. The van der Waals surface area contributed by atoms with Gasteiger partial charge < -0.3 is 9.64 Å². The number of hydrogen-bond donors (Lipinski definition) is 0.